The zero-order valence-corrected chi connectivity index (χ0v) is 57.4. The van der Waals surface area contributed by atoms with Gasteiger partial charge in [0.15, 0.2) is 44.0 Å². The highest BCUT2D eigenvalue weighted by molar-refractivity contribution is 7.82. The summed E-state index contributed by atoms with van der Waals surface area (Å²) in [4.78, 5) is 0. The van der Waals surface area contributed by atoms with Crippen molar-refractivity contribution in [3.8, 4) is 0 Å². The lowest BCUT2D eigenvalue weighted by molar-refractivity contribution is -0.395. The summed E-state index contributed by atoms with van der Waals surface area (Å²) in [5.41, 5.74) is 0. The van der Waals surface area contributed by atoms with Crippen LogP contribution in [0.2, 0.25) is 0 Å². The molecule has 616 valence electrons. The molecule has 0 aromatic heterocycles. The van der Waals surface area contributed by atoms with Gasteiger partial charge in [-0.05, 0) is 0 Å². The molecule has 0 unspecified atom stereocenters. The minimum absolute atomic E-state index is 1.65. The molecule has 21 fully saturated rings. The molecule has 0 saturated carbocycles. The predicted molar refractivity (Wildman–Crippen MR) is 301 cm³/mol. The second-order valence-electron chi connectivity index (χ2n) is 23.4. The number of hydrogen-bond donors (Lipinski definition) is 21. The van der Waals surface area contributed by atoms with Gasteiger partial charge in [0, 0.05) is 0 Å². The predicted octanol–water partition coefficient (Wildman–Crippen LogP) is -16.4. The van der Waals surface area contributed by atoms with Crippen LogP contribution in [-0.4, -0.2) is 423 Å². The Kier molecular flexibility index (Phi) is 29.3. The van der Waals surface area contributed by atoms with Crippen molar-refractivity contribution in [2.45, 2.75) is 215 Å². The summed E-state index contributed by atoms with van der Waals surface area (Å²) in [6.07, 6.45) is -93.1. The van der Waals surface area contributed by atoms with Crippen LogP contribution in [0.25, 0.3) is 0 Å². The maximum Gasteiger partial charge on any atom is 0.397 e. The molecule has 0 spiro atoms. The highest BCUT2D eigenvalue weighted by Gasteiger charge is 2.61. The van der Waals surface area contributed by atoms with E-state index >= 15 is 0 Å². The lowest BCUT2D eigenvalue weighted by Crippen LogP contribution is -2.68. The summed E-state index contributed by atoms with van der Waals surface area (Å²) in [6, 6.07) is 0. The minimum Gasteiger partial charge on any atom is -0.387 e. The summed E-state index contributed by atoms with van der Waals surface area (Å²) in [6.45, 7) is -11.6. The summed E-state index contributed by atoms with van der Waals surface area (Å²) in [5.74, 6) is 0. The Morgan fingerprint density at radius 2 is 0.267 bits per heavy atom. The largest absolute Gasteiger partial charge is 0.397 e. The molecule has 35 atom stereocenters. The molecule has 0 aliphatic carbocycles. The minimum atomic E-state index is -5.67. The van der Waals surface area contributed by atoms with E-state index in [4.69, 9.17) is 66.3 Å². The Bertz CT molecular complexity index is 3040. The molecule has 21 N–H and O–H groups in total. The molecule has 21 aliphatic heterocycles. The van der Waals surface area contributed by atoms with Gasteiger partial charge in [-0.2, -0.15) is 58.9 Å². The van der Waals surface area contributed by atoms with E-state index in [1.54, 1.807) is 0 Å². The van der Waals surface area contributed by atoms with Crippen molar-refractivity contribution in [3.05, 3.63) is 0 Å². The average molecular weight is 1700 g/mol. The number of aliphatic hydroxyl groups excluding tert-OH is 14. The summed E-state index contributed by atoms with van der Waals surface area (Å²) in [7, 11) is -39.7. The first-order valence-electron chi connectivity index (χ1n) is 29.2. The quantitative estimate of drug-likeness (QED) is 0.0475. The third-order valence-electron chi connectivity index (χ3n) is 16.2. The van der Waals surface area contributed by atoms with Crippen LogP contribution >= 0.6 is 0 Å². The molecule has 56 nitrogen and oxygen atoms in total. The molecule has 0 aromatic carbocycles. The first kappa shape index (κ1) is 88.5. The van der Waals surface area contributed by atoms with Gasteiger partial charge in [0.1, 0.15) is 171 Å². The van der Waals surface area contributed by atoms with Crippen LogP contribution in [0.1, 0.15) is 0 Å². The Labute approximate surface area is 589 Å². The molecule has 105 heavy (non-hydrogen) atoms. The van der Waals surface area contributed by atoms with E-state index < -0.39 is 334 Å². The Morgan fingerprint density at radius 1 is 0.171 bits per heavy atom. The van der Waals surface area contributed by atoms with Gasteiger partial charge in [0.05, 0.1) is 46.2 Å². The van der Waals surface area contributed by atoms with Crippen LogP contribution in [0.3, 0.4) is 0 Å². The van der Waals surface area contributed by atoms with Gasteiger partial charge in [-0.3, -0.25) is 31.9 Å². The second-order valence-corrected chi connectivity index (χ2v) is 31.0. The SMILES string of the molecule is O=S(=O)(O)OC[C@H]1O[C@@H]2O[C@H]3[C@H](O)[C@@H](O)[C@@H](O[C@H]4[C@H](O)[C@@H](O)[C@@H](O[C@H]5[C@H](O)[C@@H](O)[C@@H](O[C@H]6[C@H](O)[C@@H](O)[C@@H](O[C@H]7[C@H](O)[C@@H](O)[C@@H](O[C@H]8[C@H](O)[C@@H](O)[C@@H](O[C@H]1[C@H](O)[C@H]2O)O[C@@H]8COS(=O)(=O)O)O[C@@H]7COS(=O)(=O)O)O[C@@H]6COS(=O)(=O)O)O[C@@H]5COS(=O)(=O)O)O[C@@H]4COS(=O)(=O)O)O[C@@H]3COS(=O)(=O)O. The van der Waals surface area contributed by atoms with Crippen LogP contribution in [0.4, 0.5) is 0 Å². The van der Waals surface area contributed by atoms with Crippen LogP contribution in [0.15, 0.2) is 0 Å². The first-order chi connectivity index (χ1) is 48.2. The van der Waals surface area contributed by atoms with Gasteiger partial charge in [-0.1, -0.05) is 0 Å². The molecule has 21 rings (SSSR count). The van der Waals surface area contributed by atoms with Crippen molar-refractivity contribution in [1.82, 2.24) is 0 Å². The molecule has 14 bridgehead atoms. The molecule has 0 radical (unpaired) electrons. The van der Waals surface area contributed by atoms with Crippen LogP contribution in [0, 0.1) is 0 Å². The van der Waals surface area contributed by atoms with Gasteiger partial charge in [-0.15, -0.1) is 0 Å². The topological polar surface area (TPSA) is 858 Å². The second kappa shape index (κ2) is 34.7. The Balaban J connectivity index is 1.23. The first-order valence-corrected chi connectivity index (χ1v) is 38.8. The maximum atomic E-state index is 12.0. The smallest absolute Gasteiger partial charge is 0.387 e. The van der Waals surface area contributed by atoms with E-state index in [1.165, 1.54) is 0 Å². The molecule has 21 heterocycles. The van der Waals surface area contributed by atoms with E-state index in [1.807, 2.05) is 0 Å². The third kappa shape index (κ3) is 23.6. The fourth-order valence-corrected chi connectivity index (χ4v) is 13.5. The molecule has 63 heteroatoms. The molecule has 0 aromatic rings. The zero-order chi connectivity index (χ0) is 78.5. The molecule has 21 saturated heterocycles. The number of hydrogen-bond acceptors (Lipinski definition) is 49. The number of ether oxygens (including phenoxy) is 14. The van der Waals surface area contributed by atoms with Crippen LogP contribution in [0.5, 0.6) is 0 Å². The lowest BCUT2D eigenvalue weighted by Gasteiger charge is -2.50. The number of rotatable bonds is 21. The molecule has 0 amide bonds. The summed E-state index contributed by atoms with van der Waals surface area (Å²) < 4.78 is 343. The monoisotopic (exact) mass is 1690 g/mol. The van der Waals surface area contributed by atoms with E-state index in [0.29, 0.717) is 0 Å². The fraction of sp³-hybridized carbons (Fsp3) is 1.00. The highest BCUT2D eigenvalue weighted by Crippen LogP contribution is 2.40. The van der Waals surface area contributed by atoms with Crippen molar-refractivity contribution in [3.63, 3.8) is 0 Å². The average Bonchev–Trinajstić information content (AvgIpc) is 0.789. The normalized spacial score (nSPS) is 44.9. The van der Waals surface area contributed by atoms with Crippen molar-refractivity contribution >= 4 is 72.8 Å². The van der Waals surface area contributed by atoms with Crippen molar-refractivity contribution < 1.29 is 258 Å². The van der Waals surface area contributed by atoms with Crippen molar-refractivity contribution in [2.75, 3.05) is 46.2 Å². The van der Waals surface area contributed by atoms with E-state index in [2.05, 4.69) is 29.3 Å². The highest BCUT2D eigenvalue weighted by atomic mass is 32.3. The van der Waals surface area contributed by atoms with Gasteiger partial charge in [-0.25, -0.2) is 29.3 Å². The summed E-state index contributed by atoms with van der Waals surface area (Å²) in [5, 5.41) is 163. The number of aliphatic hydroxyl groups is 14. The standard InChI is InChI=1S/C42H70O56S7/c43-15-22(50)36-85-8(1-78-99(57,58)59)29(15)92-37-23(51)16(44)31(10(86-37)3-80-101(63,64)65)94-39-25(53)18(46)33(12(88-39)5-82-103(69,70)71)96-41-27(55)20(48)35(14(90-41)7-84-105(75,76)77)98-42-28(56)21(49)34(13(91-42)6-83-104(72,73)74)97-40-26(54)19(47)32(11(89-40)4-81-102(66,67)68)95-38-24(52)17(45)30(93-36)9(87-38)2-79-100(60,61)62/h8-56H,1-7H2,(H,57,58,59)(H,60,61,62)(H,63,64,65)(H,66,67,68)(H,69,70,71)(H,72,73,74)(H,75,76,77)/t8-,9-,10-,11-,12-,13-,14-,15-,16-,17-,18-,19-,20-,21-,22-,23-,24-,25-,26-,27-,28-,29-,30-,31-,32-,33-,34-,35-,36-,37-,38-,39-,40-,41-,42-/m1/s1. The summed E-state index contributed by atoms with van der Waals surface area (Å²) >= 11 is 0. The fourth-order valence-electron chi connectivity index (χ4n) is 11.4. The molecular formula is C42H70O56S7. The van der Waals surface area contributed by atoms with Crippen LogP contribution in [-0.2, 0) is 168 Å². The zero-order valence-electron chi connectivity index (χ0n) is 51.7. The van der Waals surface area contributed by atoms with Crippen molar-refractivity contribution in [2.24, 2.45) is 0 Å². The lowest BCUT2D eigenvalue weighted by atomic mass is 9.95. The Morgan fingerprint density at radius 3 is 0.352 bits per heavy atom. The van der Waals surface area contributed by atoms with Gasteiger partial charge in [0.2, 0.25) is 0 Å². The van der Waals surface area contributed by atoms with Gasteiger partial charge in [0.25, 0.3) is 0 Å². The van der Waals surface area contributed by atoms with Crippen molar-refractivity contribution in [1.29, 1.82) is 0 Å². The molecular weight excluding hydrogens is 1620 g/mol. The van der Waals surface area contributed by atoms with E-state index in [0.717, 1.165) is 0 Å². The third-order valence-corrected chi connectivity index (χ3v) is 19.2. The molecule has 21 aliphatic rings. The van der Waals surface area contributed by atoms with Crippen LogP contribution < -0.4 is 0 Å². The van der Waals surface area contributed by atoms with Gasteiger partial charge < -0.3 is 138 Å². The van der Waals surface area contributed by atoms with E-state index in [9.17, 15) is 162 Å². The Hall–Kier alpha value is -2.03. The van der Waals surface area contributed by atoms with E-state index in [-0.39, 0.29) is 0 Å². The maximum absolute atomic E-state index is 12.0. The van der Waals surface area contributed by atoms with Gasteiger partial charge >= 0.3 is 72.8 Å².